The van der Waals surface area contributed by atoms with Gasteiger partial charge in [0.1, 0.15) is 17.3 Å². The summed E-state index contributed by atoms with van der Waals surface area (Å²) < 4.78 is 19.2. The van der Waals surface area contributed by atoms with E-state index < -0.39 is 17.7 Å². The molecule has 0 saturated carbocycles. The zero-order valence-corrected chi connectivity index (χ0v) is 20.9. The van der Waals surface area contributed by atoms with Crippen molar-refractivity contribution in [1.82, 2.24) is 4.90 Å². The van der Waals surface area contributed by atoms with Crippen molar-refractivity contribution in [3.63, 3.8) is 0 Å². The molecule has 36 heavy (non-hydrogen) atoms. The Hall–Kier alpha value is -3.93. The molecule has 4 rings (SSSR count). The van der Waals surface area contributed by atoms with Gasteiger partial charge in [0.2, 0.25) is 0 Å². The molecule has 1 amide bonds. The van der Waals surface area contributed by atoms with E-state index in [1.165, 1.54) is 17.0 Å². The number of carbonyl (C=O) groups excluding carboxylic acids is 2. The van der Waals surface area contributed by atoms with Gasteiger partial charge in [0.25, 0.3) is 11.7 Å². The smallest absolute Gasteiger partial charge is 0.295 e. The predicted octanol–water partition coefficient (Wildman–Crippen LogP) is 6.14. The van der Waals surface area contributed by atoms with Gasteiger partial charge in [-0.3, -0.25) is 9.59 Å². The average molecular weight is 488 g/mol. The van der Waals surface area contributed by atoms with Crippen molar-refractivity contribution < 1.29 is 23.8 Å². The molecule has 0 spiro atoms. The minimum Gasteiger partial charge on any atom is -0.507 e. The van der Waals surface area contributed by atoms with E-state index in [9.17, 15) is 19.1 Å². The van der Waals surface area contributed by atoms with Crippen molar-refractivity contribution in [3.05, 3.63) is 106 Å². The van der Waals surface area contributed by atoms with Crippen LogP contribution in [0.5, 0.6) is 5.75 Å². The molecule has 186 valence electrons. The van der Waals surface area contributed by atoms with Crippen LogP contribution in [0.15, 0.2) is 78.4 Å². The molecule has 0 bridgehead atoms. The number of aliphatic hydroxyl groups excluding tert-OH is 1. The molecule has 1 aliphatic heterocycles. The van der Waals surface area contributed by atoms with Gasteiger partial charge in [-0.2, -0.15) is 0 Å². The molecule has 0 aromatic heterocycles. The maximum atomic E-state index is 13.4. The third-order valence-electron chi connectivity index (χ3n) is 6.28. The standard InChI is InChI=1S/C30H30FNO4/c1-5-36-24-16-13-21(17-23(24)30(2,3)4)27(33)25-26(20-9-7-6-8-10-20)32(29(35)28(25)34)18-19-11-14-22(31)15-12-19/h6-17,26,33H,5,18H2,1-4H3/b27-25-. The number of likely N-dealkylation sites (tertiary alicyclic amines) is 1. The van der Waals surface area contributed by atoms with Gasteiger partial charge in [-0.25, -0.2) is 4.39 Å². The number of benzene rings is 3. The molecule has 0 aliphatic carbocycles. The molecular formula is C30H30FNO4. The van der Waals surface area contributed by atoms with Crippen molar-refractivity contribution in [3.8, 4) is 5.75 Å². The van der Waals surface area contributed by atoms with Gasteiger partial charge in [-0.15, -0.1) is 0 Å². The fraction of sp³-hybridized carbons (Fsp3) is 0.267. The first-order chi connectivity index (χ1) is 17.1. The zero-order chi connectivity index (χ0) is 26.0. The summed E-state index contributed by atoms with van der Waals surface area (Å²) in [5.74, 6) is -1.38. The quantitative estimate of drug-likeness (QED) is 0.258. The van der Waals surface area contributed by atoms with Crippen LogP contribution in [0, 0.1) is 5.82 Å². The first kappa shape index (κ1) is 25.2. The van der Waals surface area contributed by atoms with Crippen molar-refractivity contribution in [2.45, 2.75) is 45.7 Å². The number of hydrogen-bond acceptors (Lipinski definition) is 4. The maximum absolute atomic E-state index is 13.4. The van der Waals surface area contributed by atoms with E-state index in [0.717, 1.165) is 5.56 Å². The van der Waals surface area contributed by atoms with Crippen LogP contribution < -0.4 is 4.74 Å². The Kier molecular flexibility index (Phi) is 6.97. The predicted molar refractivity (Wildman–Crippen MR) is 137 cm³/mol. The van der Waals surface area contributed by atoms with Crippen LogP contribution in [0.1, 0.15) is 56.0 Å². The third-order valence-corrected chi connectivity index (χ3v) is 6.28. The molecule has 3 aromatic carbocycles. The number of nitrogens with zero attached hydrogens (tertiary/aromatic N) is 1. The molecule has 1 atom stereocenters. The zero-order valence-electron chi connectivity index (χ0n) is 20.9. The summed E-state index contributed by atoms with van der Waals surface area (Å²) in [6, 6.07) is 19.4. The average Bonchev–Trinajstić information content (AvgIpc) is 3.10. The number of ether oxygens (including phenoxy) is 1. The van der Waals surface area contributed by atoms with E-state index >= 15 is 0 Å². The van der Waals surface area contributed by atoms with Gasteiger partial charge >= 0.3 is 0 Å². The lowest BCUT2D eigenvalue weighted by atomic mass is 9.84. The van der Waals surface area contributed by atoms with E-state index in [1.807, 2.05) is 64.1 Å². The molecule has 1 aliphatic rings. The second kappa shape index (κ2) is 9.97. The number of halogens is 1. The fourth-order valence-electron chi connectivity index (χ4n) is 4.51. The number of hydrogen-bond donors (Lipinski definition) is 1. The molecule has 3 aromatic rings. The van der Waals surface area contributed by atoms with Crippen LogP contribution in [0.25, 0.3) is 5.76 Å². The van der Waals surface area contributed by atoms with Crippen molar-refractivity contribution in [2.24, 2.45) is 0 Å². The highest BCUT2D eigenvalue weighted by molar-refractivity contribution is 6.46. The summed E-state index contributed by atoms with van der Waals surface area (Å²) in [5.41, 5.74) is 2.43. The lowest BCUT2D eigenvalue weighted by Gasteiger charge is -2.26. The Morgan fingerprint density at radius 2 is 1.67 bits per heavy atom. The Bertz CT molecular complexity index is 1310. The summed E-state index contributed by atoms with van der Waals surface area (Å²) in [5, 5.41) is 11.5. The van der Waals surface area contributed by atoms with Gasteiger partial charge in [0.05, 0.1) is 18.2 Å². The first-order valence-electron chi connectivity index (χ1n) is 12.0. The number of Topliss-reactive ketones (excluding diaryl/α,β-unsaturated/α-hetero) is 1. The lowest BCUT2D eigenvalue weighted by molar-refractivity contribution is -0.140. The van der Waals surface area contributed by atoms with Gasteiger partial charge < -0.3 is 14.7 Å². The number of rotatable bonds is 6. The summed E-state index contributed by atoms with van der Waals surface area (Å²) >= 11 is 0. The van der Waals surface area contributed by atoms with Crippen LogP contribution in [0.4, 0.5) is 4.39 Å². The van der Waals surface area contributed by atoms with E-state index in [0.29, 0.717) is 29.0 Å². The van der Waals surface area contributed by atoms with Crippen LogP contribution in [0.3, 0.4) is 0 Å². The van der Waals surface area contributed by atoms with Crippen LogP contribution in [-0.2, 0) is 21.5 Å². The van der Waals surface area contributed by atoms with Crippen LogP contribution in [0.2, 0.25) is 0 Å². The number of carbonyl (C=O) groups is 2. The highest BCUT2D eigenvalue weighted by Gasteiger charge is 2.46. The number of ketones is 1. The molecule has 0 radical (unpaired) electrons. The first-order valence-corrected chi connectivity index (χ1v) is 12.0. The summed E-state index contributed by atoms with van der Waals surface area (Å²) in [7, 11) is 0. The Balaban J connectivity index is 1.86. The molecule has 5 nitrogen and oxygen atoms in total. The van der Waals surface area contributed by atoms with Crippen LogP contribution in [-0.4, -0.2) is 28.3 Å². The van der Waals surface area contributed by atoms with Gasteiger partial charge in [-0.1, -0.05) is 63.2 Å². The SMILES string of the molecule is CCOc1ccc(/C(O)=C2/C(=O)C(=O)N(Cc3ccc(F)cc3)C2c2ccccc2)cc1C(C)(C)C. The second-order valence-electron chi connectivity index (χ2n) is 9.86. The van der Waals surface area contributed by atoms with Gasteiger partial charge in [-0.05, 0) is 53.8 Å². The molecule has 1 fully saturated rings. The molecule has 1 N–H and O–H groups in total. The molecule has 1 heterocycles. The molecule has 6 heteroatoms. The lowest BCUT2D eigenvalue weighted by Crippen LogP contribution is -2.29. The van der Waals surface area contributed by atoms with Crippen LogP contribution >= 0.6 is 0 Å². The third kappa shape index (κ3) is 4.89. The Morgan fingerprint density at radius 3 is 2.28 bits per heavy atom. The highest BCUT2D eigenvalue weighted by atomic mass is 19.1. The summed E-state index contributed by atoms with van der Waals surface area (Å²) in [6.45, 7) is 8.62. The van der Waals surface area contributed by atoms with E-state index in [2.05, 4.69) is 0 Å². The normalized spacial score (nSPS) is 17.5. The minimum atomic E-state index is -0.791. The number of aliphatic hydroxyl groups is 1. The maximum Gasteiger partial charge on any atom is 0.295 e. The largest absolute Gasteiger partial charge is 0.507 e. The van der Waals surface area contributed by atoms with E-state index in [4.69, 9.17) is 4.74 Å². The van der Waals surface area contributed by atoms with Gasteiger partial charge in [0.15, 0.2) is 0 Å². The summed E-state index contributed by atoms with van der Waals surface area (Å²) in [4.78, 5) is 28.0. The topological polar surface area (TPSA) is 66.8 Å². The van der Waals surface area contributed by atoms with E-state index in [1.54, 1.807) is 24.3 Å². The number of amides is 1. The van der Waals surface area contributed by atoms with Crippen molar-refractivity contribution in [1.29, 1.82) is 0 Å². The van der Waals surface area contributed by atoms with Crippen molar-refractivity contribution in [2.75, 3.05) is 6.61 Å². The molecular weight excluding hydrogens is 457 g/mol. The molecule has 1 unspecified atom stereocenters. The Morgan fingerprint density at radius 1 is 1.00 bits per heavy atom. The minimum absolute atomic E-state index is 0.0253. The second-order valence-corrected chi connectivity index (χ2v) is 9.86. The van der Waals surface area contributed by atoms with Crippen molar-refractivity contribution >= 4 is 17.4 Å². The fourth-order valence-corrected chi connectivity index (χ4v) is 4.51. The Labute approximate surface area is 210 Å². The summed E-state index contributed by atoms with van der Waals surface area (Å²) in [6.07, 6.45) is 0. The van der Waals surface area contributed by atoms with E-state index in [-0.39, 0.29) is 29.1 Å². The monoisotopic (exact) mass is 487 g/mol. The molecule has 1 saturated heterocycles. The van der Waals surface area contributed by atoms with Gasteiger partial charge in [0, 0.05) is 17.7 Å². The highest BCUT2D eigenvalue weighted by Crippen LogP contribution is 2.41.